The average Bonchev–Trinajstić information content (AvgIpc) is 3.12. The molecule has 2 N–H and O–H groups in total. The zero-order valence-electron chi connectivity index (χ0n) is 16.3. The highest BCUT2D eigenvalue weighted by Gasteiger charge is 2.37. The number of hydrogen-bond acceptors (Lipinski definition) is 6. The first-order valence-electron chi connectivity index (χ1n) is 9.37. The van der Waals surface area contributed by atoms with Crippen molar-refractivity contribution in [3.8, 4) is 5.75 Å². The summed E-state index contributed by atoms with van der Waals surface area (Å²) in [5.41, 5.74) is 9.17. The monoisotopic (exact) mass is 419 g/mol. The molecule has 7 nitrogen and oxygen atoms in total. The molecule has 2 aliphatic heterocycles. The summed E-state index contributed by atoms with van der Waals surface area (Å²) >= 11 is 0. The van der Waals surface area contributed by atoms with Crippen molar-refractivity contribution in [2.45, 2.75) is 32.7 Å². The summed E-state index contributed by atoms with van der Waals surface area (Å²) in [5, 5.41) is 1.85. The third kappa shape index (κ3) is 3.90. The zero-order chi connectivity index (χ0) is 21.5. The number of ether oxygens (including phenoxy) is 1. The first kappa shape index (κ1) is 20.0. The zero-order valence-corrected chi connectivity index (χ0v) is 16.3. The van der Waals surface area contributed by atoms with Crippen LogP contribution in [0.25, 0.3) is 0 Å². The van der Waals surface area contributed by atoms with Crippen molar-refractivity contribution in [2.24, 2.45) is 0 Å². The van der Waals surface area contributed by atoms with E-state index >= 15 is 0 Å². The van der Waals surface area contributed by atoms with Gasteiger partial charge in [-0.2, -0.15) is 0 Å². The highest BCUT2D eigenvalue weighted by atomic mass is 19.4. The third-order valence-electron chi connectivity index (χ3n) is 5.06. The van der Waals surface area contributed by atoms with Crippen molar-refractivity contribution in [2.75, 3.05) is 11.6 Å². The highest BCUT2D eigenvalue weighted by molar-refractivity contribution is 5.95. The molecule has 0 aliphatic carbocycles. The summed E-state index contributed by atoms with van der Waals surface area (Å²) in [7, 11) is 0. The van der Waals surface area contributed by atoms with Gasteiger partial charge in [0, 0.05) is 24.7 Å². The predicted molar refractivity (Wildman–Crippen MR) is 103 cm³/mol. The SMILES string of the molecule is Cc1ccnc(N2NNC3=C2CCN(C(=O)c2cccc(OC(F)(F)F)c2)C3C)c1. The van der Waals surface area contributed by atoms with E-state index < -0.39 is 12.1 Å². The van der Waals surface area contributed by atoms with E-state index in [1.807, 2.05) is 31.0 Å². The van der Waals surface area contributed by atoms with Crippen molar-refractivity contribution in [1.29, 1.82) is 0 Å². The Hall–Kier alpha value is -3.27. The number of hydrogen-bond donors (Lipinski definition) is 2. The van der Waals surface area contributed by atoms with Gasteiger partial charge >= 0.3 is 6.36 Å². The molecule has 0 spiro atoms. The van der Waals surface area contributed by atoms with E-state index in [9.17, 15) is 18.0 Å². The lowest BCUT2D eigenvalue weighted by atomic mass is 10.0. The second-order valence-corrected chi connectivity index (χ2v) is 7.12. The van der Waals surface area contributed by atoms with Crippen molar-refractivity contribution in [1.82, 2.24) is 20.8 Å². The van der Waals surface area contributed by atoms with Gasteiger partial charge in [0.15, 0.2) is 0 Å². The average molecular weight is 419 g/mol. The van der Waals surface area contributed by atoms with Gasteiger partial charge in [-0.25, -0.2) is 9.99 Å². The number of benzene rings is 1. The Balaban J connectivity index is 1.55. The van der Waals surface area contributed by atoms with Gasteiger partial charge in [-0.05, 0) is 49.7 Å². The van der Waals surface area contributed by atoms with E-state index in [0.717, 1.165) is 28.8 Å². The Bertz CT molecular complexity index is 1010. The van der Waals surface area contributed by atoms with E-state index in [1.165, 1.54) is 18.2 Å². The fourth-order valence-corrected chi connectivity index (χ4v) is 3.65. The largest absolute Gasteiger partial charge is 0.573 e. The molecular weight excluding hydrogens is 399 g/mol. The number of rotatable bonds is 3. The molecule has 10 heteroatoms. The van der Waals surface area contributed by atoms with E-state index in [0.29, 0.717) is 13.0 Å². The number of anilines is 1. The smallest absolute Gasteiger partial charge is 0.406 e. The van der Waals surface area contributed by atoms with Gasteiger partial charge in [0.05, 0.1) is 17.4 Å². The Kier molecular flexibility index (Phi) is 5.02. The van der Waals surface area contributed by atoms with Gasteiger partial charge < -0.3 is 15.1 Å². The summed E-state index contributed by atoms with van der Waals surface area (Å²) in [6, 6.07) is 8.66. The van der Waals surface area contributed by atoms with Crippen LogP contribution in [0.3, 0.4) is 0 Å². The summed E-state index contributed by atoms with van der Waals surface area (Å²) in [6.07, 6.45) is -2.53. The van der Waals surface area contributed by atoms with Gasteiger partial charge in [-0.15, -0.1) is 18.7 Å². The van der Waals surface area contributed by atoms with Crippen molar-refractivity contribution >= 4 is 11.7 Å². The van der Waals surface area contributed by atoms with Crippen LogP contribution in [0.2, 0.25) is 0 Å². The van der Waals surface area contributed by atoms with Gasteiger partial charge in [0.1, 0.15) is 11.6 Å². The first-order valence-corrected chi connectivity index (χ1v) is 9.37. The third-order valence-corrected chi connectivity index (χ3v) is 5.06. The fraction of sp³-hybridized carbons (Fsp3) is 0.300. The molecule has 0 radical (unpaired) electrons. The van der Waals surface area contributed by atoms with Crippen LogP contribution in [0.15, 0.2) is 54.0 Å². The number of nitrogens with zero attached hydrogens (tertiary/aromatic N) is 3. The number of halogens is 3. The second kappa shape index (κ2) is 7.52. The number of alkyl halides is 3. The van der Waals surface area contributed by atoms with E-state index in [4.69, 9.17) is 0 Å². The predicted octanol–water partition coefficient (Wildman–Crippen LogP) is 3.26. The lowest BCUT2D eigenvalue weighted by Gasteiger charge is -2.34. The quantitative estimate of drug-likeness (QED) is 0.796. The minimum atomic E-state index is -4.81. The fourth-order valence-electron chi connectivity index (χ4n) is 3.65. The molecule has 1 unspecified atom stereocenters. The summed E-state index contributed by atoms with van der Waals surface area (Å²) in [6.45, 7) is 4.25. The molecule has 30 heavy (non-hydrogen) atoms. The molecule has 0 saturated heterocycles. The molecule has 158 valence electrons. The summed E-state index contributed by atoms with van der Waals surface area (Å²) < 4.78 is 41.4. The van der Waals surface area contributed by atoms with Crippen LogP contribution in [0.4, 0.5) is 19.0 Å². The molecule has 1 aromatic carbocycles. The Morgan fingerprint density at radius 1 is 1.27 bits per heavy atom. The number of amides is 1. The minimum Gasteiger partial charge on any atom is -0.406 e. The van der Waals surface area contributed by atoms with E-state index in [1.54, 1.807) is 11.1 Å². The molecule has 3 heterocycles. The minimum absolute atomic E-state index is 0.135. The number of carbonyl (C=O) groups excluding carboxylic acids is 1. The molecule has 1 amide bonds. The normalized spacial score (nSPS) is 18.9. The van der Waals surface area contributed by atoms with Gasteiger partial charge in [-0.3, -0.25) is 4.79 Å². The molecule has 1 aromatic heterocycles. The molecule has 2 aromatic rings. The lowest BCUT2D eigenvalue weighted by Crippen LogP contribution is -2.45. The van der Waals surface area contributed by atoms with Crippen LogP contribution in [0, 0.1) is 6.92 Å². The van der Waals surface area contributed by atoms with Gasteiger partial charge in [0.25, 0.3) is 5.91 Å². The molecular formula is C20H20F3N5O2. The van der Waals surface area contributed by atoms with Crippen molar-refractivity contribution in [3.63, 3.8) is 0 Å². The van der Waals surface area contributed by atoms with Crippen molar-refractivity contribution < 1.29 is 22.7 Å². The second-order valence-electron chi connectivity index (χ2n) is 7.12. The number of hydrazine groups is 2. The standard InChI is InChI=1S/C20H20F3N5O2/c1-12-6-8-24-17(10-12)28-16-7-9-27(13(2)18(16)25-26-28)19(29)14-4-3-5-15(11-14)30-20(21,22)23/h3-6,8,10-11,13,25-26H,7,9H2,1-2H3. The van der Waals surface area contributed by atoms with E-state index in [-0.39, 0.29) is 17.5 Å². The topological polar surface area (TPSA) is 69.7 Å². The molecule has 0 saturated carbocycles. The van der Waals surface area contributed by atoms with Crippen LogP contribution in [-0.4, -0.2) is 34.7 Å². The van der Waals surface area contributed by atoms with Crippen molar-refractivity contribution in [3.05, 3.63) is 65.1 Å². The Labute approximate surface area is 171 Å². The summed E-state index contributed by atoms with van der Waals surface area (Å²) in [4.78, 5) is 19.0. The van der Waals surface area contributed by atoms with Gasteiger partial charge in [-0.1, -0.05) is 6.07 Å². The van der Waals surface area contributed by atoms with Gasteiger partial charge in [0.2, 0.25) is 0 Å². The molecule has 0 bridgehead atoms. The number of carbonyl (C=O) groups is 1. The van der Waals surface area contributed by atoms with Crippen LogP contribution in [0.1, 0.15) is 29.3 Å². The molecule has 2 aliphatic rings. The summed E-state index contributed by atoms with van der Waals surface area (Å²) in [5.74, 6) is -0.0534. The number of pyridine rings is 1. The molecule has 4 rings (SSSR count). The van der Waals surface area contributed by atoms with E-state index in [2.05, 4.69) is 20.7 Å². The maximum absolute atomic E-state index is 13.0. The maximum atomic E-state index is 13.0. The first-order chi connectivity index (χ1) is 14.2. The Morgan fingerprint density at radius 2 is 2.07 bits per heavy atom. The van der Waals surface area contributed by atoms with Crippen LogP contribution >= 0.6 is 0 Å². The number of aryl methyl sites for hydroxylation is 1. The van der Waals surface area contributed by atoms with Crippen LogP contribution in [0.5, 0.6) is 5.75 Å². The Morgan fingerprint density at radius 3 is 2.80 bits per heavy atom. The molecule has 1 atom stereocenters. The lowest BCUT2D eigenvalue weighted by molar-refractivity contribution is -0.274. The molecule has 0 fully saturated rings. The maximum Gasteiger partial charge on any atom is 0.573 e. The van der Waals surface area contributed by atoms with Crippen LogP contribution < -0.4 is 20.7 Å². The number of nitrogens with one attached hydrogen (secondary N) is 2. The highest BCUT2D eigenvalue weighted by Crippen LogP contribution is 2.31. The number of aromatic nitrogens is 1. The van der Waals surface area contributed by atoms with Crippen LogP contribution in [-0.2, 0) is 0 Å².